The molecule has 1 fully saturated rings. The van der Waals surface area contributed by atoms with E-state index in [-0.39, 0.29) is 5.41 Å². The highest BCUT2D eigenvalue weighted by Gasteiger charge is 2.49. The average molecular weight is 254 g/mol. The Morgan fingerprint density at radius 1 is 1.65 bits per heavy atom. The number of hydrogen-bond acceptors (Lipinski definition) is 4. The molecule has 3 nitrogen and oxygen atoms in total. The second kappa shape index (κ2) is 5.04. The molecule has 17 heavy (non-hydrogen) atoms. The fourth-order valence-corrected chi connectivity index (χ4v) is 3.12. The second-order valence-electron chi connectivity index (χ2n) is 5.36. The quantitative estimate of drug-likeness (QED) is 0.877. The standard InChI is InChI=1S/C13H22N2OS/c1-5-16-12-6-11(13(12,3)4)15-9(2)10-7-17-8-14-10/h7-9,11-12,15H,5-6H2,1-4H3. The third kappa shape index (κ3) is 2.54. The topological polar surface area (TPSA) is 34.1 Å². The van der Waals surface area contributed by atoms with E-state index >= 15 is 0 Å². The number of thiazole rings is 1. The van der Waals surface area contributed by atoms with Gasteiger partial charge in [0.1, 0.15) is 0 Å². The molecule has 1 saturated carbocycles. The van der Waals surface area contributed by atoms with Gasteiger partial charge in [0.15, 0.2) is 0 Å². The fourth-order valence-electron chi connectivity index (χ4n) is 2.48. The van der Waals surface area contributed by atoms with Gasteiger partial charge in [-0.3, -0.25) is 0 Å². The minimum absolute atomic E-state index is 0.223. The van der Waals surface area contributed by atoms with E-state index in [2.05, 4.69) is 43.4 Å². The van der Waals surface area contributed by atoms with E-state index in [9.17, 15) is 0 Å². The van der Waals surface area contributed by atoms with Crippen LogP contribution in [0.2, 0.25) is 0 Å². The lowest BCUT2D eigenvalue weighted by atomic mass is 9.64. The van der Waals surface area contributed by atoms with Crippen molar-refractivity contribution in [2.75, 3.05) is 6.61 Å². The molecule has 1 N–H and O–H groups in total. The number of rotatable bonds is 5. The number of ether oxygens (including phenoxy) is 1. The Bertz CT molecular complexity index is 350. The van der Waals surface area contributed by atoms with Crippen molar-refractivity contribution >= 4 is 11.3 Å². The normalized spacial score (nSPS) is 28.7. The summed E-state index contributed by atoms with van der Waals surface area (Å²) in [6.07, 6.45) is 1.50. The molecule has 2 rings (SSSR count). The van der Waals surface area contributed by atoms with Gasteiger partial charge in [0, 0.05) is 29.5 Å². The fraction of sp³-hybridized carbons (Fsp3) is 0.769. The zero-order valence-electron chi connectivity index (χ0n) is 11.1. The van der Waals surface area contributed by atoms with Gasteiger partial charge in [-0.2, -0.15) is 0 Å². The van der Waals surface area contributed by atoms with Crippen LogP contribution in [0.3, 0.4) is 0 Å². The van der Waals surface area contributed by atoms with Crippen LogP contribution in [-0.2, 0) is 4.74 Å². The summed E-state index contributed by atoms with van der Waals surface area (Å²) >= 11 is 1.65. The lowest BCUT2D eigenvalue weighted by Gasteiger charge is -2.52. The van der Waals surface area contributed by atoms with Crippen molar-refractivity contribution in [1.29, 1.82) is 0 Å². The molecule has 1 aromatic rings. The molecule has 1 aliphatic carbocycles. The highest BCUT2D eigenvalue weighted by molar-refractivity contribution is 7.07. The highest BCUT2D eigenvalue weighted by Crippen LogP contribution is 2.43. The molecule has 4 heteroatoms. The summed E-state index contributed by atoms with van der Waals surface area (Å²) in [5, 5.41) is 5.78. The van der Waals surface area contributed by atoms with Gasteiger partial charge in [-0.05, 0) is 20.3 Å². The van der Waals surface area contributed by atoms with Crippen LogP contribution in [0.25, 0.3) is 0 Å². The smallest absolute Gasteiger partial charge is 0.0795 e. The second-order valence-corrected chi connectivity index (χ2v) is 6.07. The van der Waals surface area contributed by atoms with Crippen LogP contribution >= 0.6 is 11.3 Å². The van der Waals surface area contributed by atoms with Gasteiger partial charge in [0.05, 0.1) is 17.3 Å². The van der Waals surface area contributed by atoms with Crippen LogP contribution in [0.1, 0.15) is 45.9 Å². The van der Waals surface area contributed by atoms with Crippen molar-refractivity contribution in [1.82, 2.24) is 10.3 Å². The van der Waals surface area contributed by atoms with Crippen LogP contribution in [-0.4, -0.2) is 23.7 Å². The minimum Gasteiger partial charge on any atom is -0.378 e. The summed E-state index contributed by atoms with van der Waals surface area (Å²) in [6.45, 7) is 9.61. The largest absolute Gasteiger partial charge is 0.378 e. The van der Waals surface area contributed by atoms with E-state index in [4.69, 9.17) is 4.74 Å². The zero-order valence-corrected chi connectivity index (χ0v) is 11.9. The first-order valence-corrected chi connectivity index (χ1v) is 7.25. The van der Waals surface area contributed by atoms with Crippen molar-refractivity contribution in [3.63, 3.8) is 0 Å². The predicted molar refractivity (Wildman–Crippen MR) is 71.3 cm³/mol. The Labute approximate surface area is 108 Å². The Hall–Kier alpha value is -0.450. The average Bonchev–Trinajstić information content (AvgIpc) is 2.81. The zero-order chi connectivity index (χ0) is 12.5. The summed E-state index contributed by atoms with van der Waals surface area (Å²) in [6, 6.07) is 0.851. The van der Waals surface area contributed by atoms with Crippen LogP contribution in [0.5, 0.6) is 0 Å². The van der Waals surface area contributed by atoms with Crippen molar-refractivity contribution in [2.24, 2.45) is 5.41 Å². The molecule has 0 aromatic carbocycles. The monoisotopic (exact) mass is 254 g/mol. The molecule has 0 aliphatic heterocycles. The molecule has 0 radical (unpaired) electrons. The maximum atomic E-state index is 5.74. The lowest BCUT2D eigenvalue weighted by molar-refractivity contribution is -0.116. The summed E-state index contributed by atoms with van der Waals surface area (Å²) in [7, 11) is 0. The van der Waals surface area contributed by atoms with Gasteiger partial charge >= 0.3 is 0 Å². The number of nitrogens with one attached hydrogen (secondary N) is 1. The maximum Gasteiger partial charge on any atom is 0.0795 e. The summed E-state index contributed by atoms with van der Waals surface area (Å²) < 4.78 is 5.74. The number of nitrogens with zero attached hydrogens (tertiary/aromatic N) is 1. The Balaban J connectivity index is 1.89. The molecule has 96 valence electrons. The maximum absolute atomic E-state index is 5.74. The van der Waals surface area contributed by atoms with Crippen LogP contribution in [0, 0.1) is 5.41 Å². The van der Waals surface area contributed by atoms with Crippen LogP contribution < -0.4 is 5.32 Å². The van der Waals surface area contributed by atoms with Crippen LogP contribution in [0.15, 0.2) is 10.9 Å². The van der Waals surface area contributed by atoms with Gasteiger partial charge in [-0.25, -0.2) is 4.98 Å². The first-order chi connectivity index (χ1) is 8.05. The van der Waals surface area contributed by atoms with Crippen molar-refractivity contribution in [3.05, 3.63) is 16.6 Å². The molecule has 1 aliphatic rings. The molecule has 0 amide bonds. The molecular formula is C13H22N2OS. The molecule has 3 unspecified atom stereocenters. The predicted octanol–water partition coefficient (Wildman–Crippen LogP) is 3.00. The minimum atomic E-state index is 0.223. The summed E-state index contributed by atoms with van der Waals surface area (Å²) in [5.74, 6) is 0. The molecular weight excluding hydrogens is 232 g/mol. The van der Waals surface area contributed by atoms with E-state index in [1.165, 1.54) is 0 Å². The molecule has 1 heterocycles. The van der Waals surface area contributed by atoms with E-state index in [1.54, 1.807) is 11.3 Å². The van der Waals surface area contributed by atoms with E-state index in [1.807, 2.05) is 5.51 Å². The Morgan fingerprint density at radius 2 is 2.41 bits per heavy atom. The van der Waals surface area contributed by atoms with Gasteiger partial charge in [0.2, 0.25) is 0 Å². The van der Waals surface area contributed by atoms with Gasteiger partial charge in [0.25, 0.3) is 0 Å². The molecule has 0 saturated heterocycles. The molecule has 3 atom stereocenters. The molecule has 0 bridgehead atoms. The number of hydrogen-bond donors (Lipinski definition) is 1. The van der Waals surface area contributed by atoms with E-state index in [0.29, 0.717) is 18.2 Å². The van der Waals surface area contributed by atoms with Gasteiger partial charge in [-0.15, -0.1) is 11.3 Å². The third-order valence-corrected chi connectivity index (χ3v) is 4.50. The van der Waals surface area contributed by atoms with Crippen molar-refractivity contribution in [3.8, 4) is 0 Å². The summed E-state index contributed by atoms with van der Waals surface area (Å²) in [5.41, 5.74) is 3.26. The Kier molecular flexibility index (Phi) is 3.85. The third-order valence-electron chi connectivity index (χ3n) is 3.89. The summed E-state index contributed by atoms with van der Waals surface area (Å²) in [4.78, 5) is 4.36. The van der Waals surface area contributed by atoms with E-state index in [0.717, 1.165) is 18.7 Å². The van der Waals surface area contributed by atoms with E-state index < -0.39 is 0 Å². The highest BCUT2D eigenvalue weighted by atomic mass is 32.1. The van der Waals surface area contributed by atoms with Crippen molar-refractivity contribution < 1.29 is 4.74 Å². The first kappa shape index (κ1) is 13.0. The molecule has 1 aromatic heterocycles. The molecule has 0 spiro atoms. The first-order valence-electron chi connectivity index (χ1n) is 6.31. The van der Waals surface area contributed by atoms with Crippen molar-refractivity contribution in [2.45, 2.75) is 52.3 Å². The van der Waals surface area contributed by atoms with Gasteiger partial charge < -0.3 is 10.1 Å². The number of aromatic nitrogens is 1. The SMILES string of the molecule is CCOC1CC(NC(C)c2cscn2)C1(C)C. The van der Waals surface area contributed by atoms with Crippen LogP contribution in [0.4, 0.5) is 0 Å². The Morgan fingerprint density at radius 3 is 2.94 bits per heavy atom. The van der Waals surface area contributed by atoms with Gasteiger partial charge in [-0.1, -0.05) is 13.8 Å². The lowest BCUT2D eigenvalue weighted by Crippen LogP contribution is -2.61.